The summed E-state index contributed by atoms with van der Waals surface area (Å²) >= 11 is 1.64. The number of ether oxygens (including phenoxy) is 2. The Morgan fingerprint density at radius 2 is 1.95 bits per heavy atom. The van der Waals surface area contributed by atoms with Gasteiger partial charge in [0, 0.05) is 43.5 Å². The number of fused-ring (bicyclic) bond motifs is 1. The van der Waals surface area contributed by atoms with Crippen LogP contribution in [0.4, 0.5) is 0 Å². The Labute approximate surface area is 239 Å². The number of nitrogens with zero attached hydrogens (tertiary/aromatic N) is 3. The topological polar surface area (TPSA) is 72.0 Å². The number of pyridine rings is 1. The van der Waals surface area contributed by atoms with Crippen LogP contribution in [-0.2, 0) is 22.6 Å². The van der Waals surface area contributed by atoms with Gasteiger partial charge in [0.05, 0.1) is 36.7 Å². The highest BCUT2D eigenvalue weighted by atomic mass is 32.1. The molecule has 0 spiro atoms. The average molecular weight is 558 g/mol. The number of likely N-dealkylation sites (tertiary alicyclic amines) is 1. The number of thiophene rings is 1. The molecule has 0 unspecified atom stereocenters. The molecule has 0 saturated carbocycles. The van der Waals surface area contributed by atoms with E-state index >= 15 is 0 Å². The van der Waals surface area contributed by atoms with E-state index in [9.17, 15) is 9.59 Å². The van der Waals surface area contributed by atoms with Gasteiger partial charge >= 0.3 is 0 Å². The zero-order chi connectivity index (χ0) is 28.1. The molecule has 0 N–H and O–H groups in total. The van der Waals surface area contributed by atoms with Crippen molar-refractivity contribution in [3.05, 3.63) is 76.7 Å². The quantitative estimate of drug-likeness (QED) is 0.231. The van der Waals surface area contributed by atoms with Gasteiger partial charge in [0.2, 0.25) is 11.8 Å². The summed E-state index contributed by atoms with van der Waals surface area (Å²) in [5.74, 6) is 1.52. The first-order valence-corrected chi connectivity index (χ1v) is 14.5. The monoisotopic (exact) mass is 557 g/mol. The lowest BCUT2D eigenvalue weighted by molar-refractivity contribution is -0.131. The van der Waals surface area contributed by atoms with E-state index < -0.39 is 0 Å². The van der Waals surface area contributed by atoms with E-state index in [-0.39, 0.29) is 18.2 Å². The first kappa shape index (κ1) is 27.6. The summed E-state index contributed by atoms with van der Waals surface area (Å²) < 4.78 is 11.0. The number of amides is 2. The van der Waals surface area contributed by atoms with Crippen LogP contribution in [0.3, 0.4) is 0 Å². The Kier molecular flexibility index (Phi) is 8.65. The van der Waals surface area contributed by atoms with Gasteiger partial charge in [-0.25, -0.2) is 4.98 Å². The van der Waals surface area contributed by atoms with Crippen molar-refractivity contribution in [2.24, 2.45) is 0 Å². The molecular formula is C32H35N3O4S. The van der Waals surface area contributed by atoms with Crippen molar-refractivity contribution in [1.29, 1.82) is 0 Å². The van der Waals surface area contributed by atoms with Gasteiger partial charge in [-0.2, -0.15) is 0 Å². The van der Waals surface area contributed by atoms with Gasteiger partial charge < -0.3 is 19.3 Å². The fourth-order valence-corrected chi connectivity index (χ4v) is 6.02. The molecule has 8 heteroatoms. The zero-order valence-electron chi connectivity index (χ0n) is 23.3. The molecule has 0 radical (unpaired) electrons. The van der Waals surface area contributed by atoms with Crippen molar-refractivity contribution in [2.75, 3.05) is 33.9 Å². The maximum absolute atomic E-state index is 13.9. The van der Waals surface area contributed by atoms with Gasteiger partial charge in [0.25, 0.3) is 0 Å². The van der Waals surface area contributed by atoms with E-state index in [4.69, 9.17) is 14.5 Å². The second kappa shape index (κ2) is 12.5. The third kappa shape index (κ3) is 6.28. The summed E-state index contributed by atoms with van der Waals surface area (Å²) in [4.78, 5) is 36.0. The Bertz CT molecular complexity index is 1500. The number of aryl methyl sites for hydroxylation is 1. The van der Waals surface area contributed by atoms with Gasteiger partial charge in [0.15, 0.2) is 0 Å². The van der Waals surface area contributed by atoms with Crippen molar-refractivity contribution in [3.8, 4) is 22.1 Å². The molecule has 4 aromatic rings. The summed E-state index contributed by atoms with van der Waals surface area (Å²) in [5.41, 5.74) is 4.78. The highest BCUT2D eigenvalue weighted by molar-refractivity contribution is 7.13. The van der Waals surface area contributed by atoms with Gasteiger partial charge in [-0.3, -0.25) is 9.59 Å². The maximum atomic E-state index is 13.9. The number of carbonyl (C=O) groups excluding carboxylic acids is 2. The van der Waals surface area contributed by atoms with Crippen LogP contribution in [0, 0.1) is 6.92 Å². The standard InChI is InChI=1S/C32H35N3O4S/c1-22-9-11-27-23(17-22)18-25(32(33-27)29-7-5-16-40-29)21-35(15-6-14-34-13-4-8-30(34)36)31(37)20-24-19-26(38-2)10-12-28(24)39-3/h5,7,9-12,16-19H,4,6,8,13-15,20-21H2,1-3H3. The molecule has 5 rings (SSSR count). The largest absolute Gasteiger partial charge is 0.497 e. The molecular weight excluding hydrogens is 522 g/mol. The maximum Gasteiger partial charge on any atom is 0.227 e. The molecule has 208 valence electrons. The van der Waals surface area contributed by atoms with Crippen LogP contribution in [0.2, 0.25) is 0 Å². The van der Waals surface area contributed by atoms with Gasteiger partial charge in [-0.1, -0.05) is 17.7 Å². The molecule has 1 fully saturated rings. The van der Waals surface area contributed by atoms with E-state index in [2.05, 4.69) is 37.3 Å². The van der Waals surface area contributed by atoms with Crippen LogP contribution < -0.4 is 9.47 Å². The molecule has 7 nitrogen and oxygen atoms in total. The molecule has 40 heavy (non-hydrogen) atoms. The number of methoxy groups -OCH3 is 2. The highest BCUT2D eigenvalue weighted by Gasteiger charge is 2.23. The van der Waals surface area contributed by atoms with Gasteiger partial charge in [-0.15, -0.1) is 11.3 Å². The molecule has 2 aromatic carbocycles. The van der Waals surface area contributed by atoms with E-state index in [1.165, 1.54) is 0 Å². The molecule has 0 bridgehead atoms. The van der Waals surface area contributed by atoms with E-state index in [0.29, 0.717) is 44.0 Å². The fourth-order valence-electron chi connectivity index (χ4n) is 5.27. The minimum absolute atomic E-state index is 0.0132. The summed E-state index contributed by atoms with van der Waals surface area (Å²) in [6.07, 6.45) is 2.41. The van der Waals surface area contributed by atoms with Gasteiger partial charge in [0.1, 0.15) is 11.5 Å². The SMILES string of the molecule is COc1ccc(OC)c(CC(=O)N(CCCN2CCCC2=O)Cc2cc3cc(C)ccc3nc2-c2cccs2)c1. The van der Waals surface area contributed by atoms with Crippen molar-refractivity contribution >= 4 is 34.1 Å². The van der Waals surface area contributed by atoms with E-state index in [1.54, 1.807) is 25.6 Å². The van der Waals surface area contributed by atoms with Crippen molar-refractivity contribution in [2.45, 2.75) is 39.2 Å². The van der Waals surface area contributed by atoms with Crippen LogP contribution in [0.5, 0.6) is 11.5 Å². The van der Waals surface area contributed by atoms with Crippen molar-refractivity contribution < 1.29 is 19.1 Å². The number of carbonyl (C=O) groups is 2. The number of hydrogen-bond donors (Lipinski definition) is 0. The third-order valence-corrected chi connectivity index (χ3v) is 8.25. The lowest BCUT2D eigenvalue weighted by Crippen LogP contribution is -2.35. The number of aromatic nitrogens is 1. The normalized spacial score (nSPS) is 13.2. The molecule has 2 aromatic heterocycles. The molecule has 0 atom stereocenters. The Morgan fingerprint density at radius 1 is 1.07 bits per heavy atom. The van der Waals surface area contributed by atoms with E-state index in [1.807, 2.05) is 39.4 Å². The smallest absolute Gasteiger partial charge is 0.227 e. The van der Waals surface area contributed by atoms with E-state index in [0.717, 1.165) is 51.1 Å². The average Bonchev–Trinajstić information content (AvgIpc) is 3.64. The Balaban J connectivity index is 1.46. The molecule has 1 aliphatic heterocycles. The summed E-state index contributed by atoms with van der Waals surface area (Å²) in [6.45, 7) is 4.47. The van der Waals surface area contributed by atoms with Crippen molar-refractivity contribution in [1.82, 2.24) is 14.8 Å². The third-order valence-electron chi connectivity index (χ3n) is 7.37. The van der Waals surface area contributed by atoms with Crippen LogP contribution in [-0.4, -0.2) is 60.5 Å². The first-order chi connectivity index (χ1) is 19.4. The predicted octanol–water partition coefficient (Wildman–Crippen LogP) is 5.87. The predicted molar refractivity (Wildman–Crippen MR) is 159 cm³/mol. The minimum Gasteiger partial charge on any atom is -0.497 e. The first-order valence-electron chi connectivity index (χ1n) is 13.7. The molecule has 1 aliphatic rings. The lowest BCUT2D eigenvalue weighted by Gasteiger charge is -2.26. The fraction of sp³-hybridized carbons (Fsp3) is 0.344. The summed E-state index contributed by atoms with van der Waals surface area (Å²) in [6, 6.07) is 18.0. The Morgan fingerprint density at radius 3 is 2.67 bits per heavy atom. The number of rotatable bonds is 11. The summed E-state index contributed by atoms with van der Waals surface area (Å²) in [7, 11) is 3.22. The Hall–Kier alpha value is -3.91. The minimum atomic E-state index is -0.0132. The lowest BCUT2D eigenvalue weighted by atomic mass is 10.0. The van der Waals surface area contributed by atoms with Crippen LogP contribution >= 0.6 is 11.3 Å². The summed E-state index contributed by atoms with van der Waals surface area (Å²) in [5, 5.41) is 3.10. The van der Waals surface area contributed by atoms with Gasteiger partial charge in [-0.05, 0) is 73.2 Å². The number of benzene rings is 2. The highest BCUT2D eigenvalue weighted by Crippen LogP contribution is 2.31. The van der Waals surface area contributed by atoms with Crippen LogP contribution in [0.1, 0.15) is 36.0 Å². The molecule has 3 heterocycles. The number of hydrogen-bond acceptors (Lipinski definition) is 6. The van der Waals surface area contributed by atoms with Crippen LogP contribution in [0.15, 0.2) is 60.0 Å². The molecule has 0 aliphatic carbocycles. The second-order valence-corrected chi connectivity index (χ2v) is 11.1. The zero-order valence-corrected chi connectivity index (χ0v) is 24.1. The van der Waals surface area contributed by atoms with Crippen molar-refractivity contribution in [3.63, 3.8) is 0 Å². The molecule has 1 saturated heterocycles. The molecule has 2 amide bonds. The van der Waals surface area contributed by atoms with Crippen LogP contribution in [0.25, 0.3) is 21.5 Å². The second-order valence-electron chi connectivity index (χ2n) is 10.2.